The van der Waals surface area contributed by atoms with Crippen LogP contribution >= 0.6 is 0 Å². The van der Waals surface area contributed by atoms with Gasteiger partial charge in [-0.2, -0.15) is 0 Å². The number of anilines is 1. The Labute approximate surface area is 162 Å². The number of phenols is 1. The minimum Gasteiger partial charge on any atom is -0.507 e. The molecule has 0 aliphatic heterocycles. The molecule has 0 saturated heterocycles. The number of carbonyl (C=O) groups is 1. The second-order valence-electron chi connectivity index (χ2n) is 9.17. The van der Waals surface area contributed by atoms with Crippen molar-refractivity contribution in [3.8, 4) is 5.75 Å². The molecule has 2 aromatic carbocycles. The SMILES string of the molecule is CC(C)(C)c1cc(C(=O)NCCc2cccc(N)c2)cc(C(C)(C)C)c1O. The number of nitrogens with two attached hydrogens (primary N) is 1. The maximum Gasteiger partial charge on any atom is 0.251 e. The van der Waals surface area contributed by atoms with Crippen molar-refractivity contribution in [3.63, 3.8) is 0 Å². The molecule has 0 unspecified atom stereocenters. The molecule has 0 atom stereocenters. The highest BCUT2D eigenvalue weighted by Gasteiger charge is 2.27. The van der Waals surface area contributed by atoms with Crippen molar-refractivity contribution in [2.45, 2.75) is 58.8 Å². The number of phenolic OH excluding ortho intramolecular Hbond substituents is 1. The third kappa shape index (κ3) is 5.25. The standard InChI is InChI=1S/C23H32N2O2/c1-22(2,3)18-13-16(14-19(20(18)26)23(4,5)6)21(27)25-11-10-15-8-7-9-17(24)12-15/h7-9,12-14,26H,10-11,24H2,1-6H3,(H,25,27). The predicted molar refractivity (Wildman–Crippen MR) is 112 cm³/mol. The van der Waals surface area contributed by atoms with Gasteiger partial charge in [0.05, 0.1) is 0 Å². The highest BCUT2D eigenvalue weighted by atomic mass is 16.3. The largest absolute Gasteiger partial charge is 0.507 e. The van der Waals surface area contributed by atoms with Crippen molar-refractivity contribution in [2.75, 3.05) is 12.3 Å². The molecule has 4 heteroatoms. The van der Waals surface area contributed by atoms with Gasteiger partial charge in [0.15, 0.2) is 0 Å². The topological polar surface area (TPSA) is 75.4 Å². The first-order valence-corrected chi connectivity index (χ1v) is 9.40. The summed E-state index contributed by atoms with van der Waals surface area (Å²) in [6, 6.07) is 11.3. The molecule has 1 amide bonds. The Morgan fingerprint density at radius 1 is 1.00 bits per heavy atom. The average molecular weight is 369 g/mol. The van der Waals surface area contributed by atoms with Crippen LogP contribution in [0.15, 0.2) is 36.4 Å². The summed E-state index contributed by atoms with van der Waals surface area (Å²) in [6.45, 7) is 12.8. The molecule has 0 heterocycles. The van der Waals surface area contributed by atoms with Gasteiger partial charge in [-0.15, -0.1) is 0 Å². The molecule has 0 bridgehead atoms. The summed E-state index contributed by atoms with van der Waals surface area (Å²) in [5.41, 5.74) is 9.24. The lowest BCUT2D eigenvalue weighted by molar-refractivity contribution is 0.0954. The van der Waals surface area contributed by atoms with Gasteiger partial charge in [0.2, 0.25) is 0 Å². The summed E-state index contributed by atoms with van der Waals surface area (Å²) in [5, 5.41) is 13.8. The van der Waals surface area contributed by atoms with Crippen LogP contribution in [0.3, 0.4) is 0 Å². The number of hydrogen-bond acceptors (Lipinski definition) is 3. The van der Waals surface area contributed by atoms with Crippen molar-refractivity contribution >= 4 is 11.6 Å². The number of hydrogen-bond donors (Lipinski definition) is 3. The lowest BCUT2D eigenvalue weighted by Crippen LogP contribution is -2.27. The highest BCUT2D eigenvalue weighted by Crippen LogP contribution is 2.39. The Morgan fingerprint density at radius 2 is 1.56 bits per heavy atom. The fourth-order valence-corrected chi connectivity index (χ4v) is 3.08. The van der Waals surface area contributed by atoms with Crippen LogP contribution in [0, 0.1) is 0 Å². The molecule has 0 radical (unpaired) electrons. The van der Waals surface area contributed by atoms with Crippen molar-refractivity contribution in [1.82, 2.24) is 5.32 Å². The van der Waals surface area contributed by atoms with Crippen LogP contribution in [0.4, 0.5) is 5.69 Å². The lowest BCUT2D eigenvalue weighted by Gasteiger charge is -2.28. The molecular weight excluding hydrogens is 336 g/mol. The van der Waals surface area contributed by atoms with Crippen LogP contribution in [0.5, 0.6) is 5.75 Å². The zero-order valence-electron chi connectivity index (χ0n) is 17.3. The molecule has 0 saturated carbocycles. The summed E-state index contributed by atoms with van der Waals surface area (Å²) < 4.78 is 0. The first-order valence-electron chi connectivity index (χ1n) is 9.40. The zero-order chi connectivity index (χ0) is 20.4. The van der Waals surface area contributed by atoms with Crippen molar-refractivity contribution < 1.29 is 9.90 Å². The minimum absolute atomic E-state index is 0.130. The third-order valence-electron chi connectivity index (χ3n) is 4.64. The van der Waals surface area contributed by atoms with E-state index in [2.05, 4.69) is 5.32 Å². The second-order valence-corrected chi connectivity index (χ2v) is 9.17. The van der Waals surface area contributed by atoms with Crippen LogP contribution in [0.25, 0.3) is 0 Å². The van der Waals surface area contributed by atoms with Gasteiger partial charge in [-0.05, 0) is 47.1 Å². The van der Waals surface area contributed by atoms with Gasteiger partial charge in [0.1, 0.15) is 5.75 Å². The van der Waals surface area contributed by atoms with Gasteiger partial charge in [-0.3, -0.25) is 4.79 Å². The number of benzene rings is 2. The Kier molecular flexibility index (Phi) is 5.88. The Bertz CT molecular complexity index is 792. The summed E-state index contributed by atoms with van der Waals surface area (Å²) >= 11 is 0. The molecule has 0 aliphatic rings. The van der Waals surface area contributed by atoms with Crippen molar-refractivity contribution in [1.29, 1.82) is 0 Å². The van der Waals surface area contributed by atoms with Crippen LogP contribution in [0.2, 0.25) is 0 Å². The zero-order valence-corrected chi connectivity index (χ0v) is 17.3. The quantitative estimate of drug-likeness (QED) is 0.694. The molecule has 0 fully saturated rings. The van der Waals surface area contributed by atoms with Crippen LogP contribution in [-0.4, -0.2) is 17.6 Å². The van der Waals surface area contributed by atoms with E-state index in [0.29, 0.717) is 18.5 Å². The monoisotopic (exact) mass is 368 g/mol. The van der Waals surface area contributed by atoms with Gasteiger partial charge in [-0.1, -0.05) is 53.7 Å². The van der Waals surface area contributed by atoms with E-state index >= 15 is 0 Å². The number of carbonyl (C=O) groups excluding carboxylic acids is 1. The smallest absolute Gasteiger partial charge is 0.251 e. The Balaban J connectivity index is 2.24. The van der Waals surface area contributed by atoms with E-state index in [1.807, 2.05) is 65.8 Å². The number of rotatable bonds is 4. The molecule has 2 aromatic rings. The molecule has 0 spiro atoms. The van der Waals surface area contributed by atoms with E-state index in [-0.39, 0.29) is 22.5 Å². The van der Waals surface area contributed by atoms with E-state index in [9.17, 15) is 9.90 Å². The van der Waals surface area contributed by atoms with E-state index in [0.717, 1.165) is 22.4 Å². The van der Waals surface area contributed by atoms with Gasteiger partial charge in [-0.25, -0.2) is 0 Å². The molecular formula is C23H32N2O2. The Hall–Kier alpha value is -2.49. The van der Waals surface area contributed by atoms with Gasteiger partial charge >= 0.3 is 0 Å². The third-order valence-corrected chi connectivity index (χ3v) is 4.64. The van der Waals surface area contributed by atoms with E-state index in [1.54, 1.807) is 12.1 Å². The van der Waals surface area contributed by atoms with Crippen LogP contribution in [0.1, 0.15) is 68.6 Å². The van der Waals surface area contributed by atoms with E-state index in [1.165, 1.54) is 0 Å². The lowest BCUT2D eigenvalue weighted by atomic mass is 9.78. The van der Waals surface area contributed by atoms with Gasteiger partial charge < -0.3 is 16.2 Å². The summed E-state index contributed by atoms with van der Waals surface area (Å²) in [7, 11) is 0. The highest BCUT2D eigenvalue weighted by molar-refractivity contribution is 5.95. The predicted octanol–water partition coefficient (Wildman–Crippen LogP) is 4.54. The van der Waals surface area contributed by atoms with Gasteiger partial charge in [0.25, 0.3) is 5.91 Å². The van der Waals surface area contributed by atoms with Gasteiger partial charge in [0, 0.05) is 28.9 Å². The minimum atomic E-state index is -0.262. The number of nitrogens with one attached hydrogen (secondary N) is 1. The van der Waals surface area contributed by atoms with Crippen molar-refractivity contribution in [3.05, 3.63) is 58.7 Å². The molecule has 0 aromatic heterocycles. The number of aromatic hydroxyl groups is 1. The first-order chi connectivity index (χ1) is 12.4. The molecule has 27 heavy (non-hydrogen) atoms. The van der Waals surface area contributed by atoms with Crippen molar-refractivity contribution in [2.24, 2.45) is 0 Å². The molecule has 0 aliphatic carbocycles. The fraction of sp³-hybridized carbons (Fsp3) is 0.435. The maximum absolute atomic E-state index is 12.8. The van der Waals surface area contributed by atoms with Crippen LogP contribution in [-0.2, 0) is 17.3 Å². The molecule has 2 rings (SSSR count). The normalized spacial score (nSPS) is 12.1. The first kappa shape index (κ1) is 20.8. The summed E-state index contributed by atoms with van der Waals surface area (Å²) in [4.78, 5) is 12.8. The molecule has 146 valence electrons. The average Bonchev–Trinajstić information content (AvgIpc) is 2.52. The fourth-order valence-electron chi connectivity index (χ4n) is 3.08. The molecule has 4 N–H and O–H groups in total. The Morgan fingerprint density at radius 3 is 2.04 bits per heavy atom. The number of nitrogen functional groups attached to an aromatic ring is 1. The maximum atomic E-state index is 12.8. The summed E-state index contributed by atoms with van der Waals surface area (Å²) in [5.74, 6) is 0.154. The summed E-state index contributed by atoms with van der Waals surface area (Å²) in [6.07, 6.45) is 0.715. The van der Waals surface area contributed by atoms with Crippen LogP contribution < -0.4 is 11.1 Å². The second kappa shape index (κ2) is 7.63. The van der Waals surface area contributed by atoms with E-state index < -0.39 is 0 Å². The van der Waals surface area contributed by atoms with E-state index in [4.69, 9.17) is 5.73 Å². The number of amides is 1. The molecule has 4 nitrogen and oxygen atoms in total.